The number of ether oxygens (including phenoxy) is 3. The Kier molecular flexibility index (Phi) is 5.61. The number of hydrogen-bond donors (Lipinski definition) is 0. The summed E-state index contributed by atoms with van der Waals surface area (Å²) in [6.45, 7) is 4.93. The molecular weight excluding hydrogens is 423 g/mol. The van der Waals surface area contributed by atoms with Gasteiger partial charge < -0.3 is 19.1 Å². The molecule has 0 amide bonds. The monoisotopic (exact) mass is 449 g/mol. The van der Waals surface area contributed by atoms with E-state index in [1.807, 2.05) is 30.0 Å². The zero-order valence-corrected chi connectivity index (χ0v) is 17.8. The Balaban J connectivity index is 1.30. The Morgan fingerprint density at radius 3 is 2.41 bits per heavy atom. The number of halogens is 3. The third-order valence-corrected chi connectivity index (χ3v) is 6.30. The molecular formula is C23H26F3N3O3. The van der Waals surface area contributed by atoms with Crippen molar-refractivity contribution in [3.05, 3.63) is 41.6 Å². The molecule has 6 nitrogen and oxygen atoms in total. The predicted molar refractivity (Wildman–Crippen MR) is 111 cm³/mol. The highest BCUT2D eigenvalue weighted by Crippen LogP contribution is 2.38. The van der Waals surface area contributed by atoms with Crippen LogP contribution in [0.5, 0.6) is 11.5 Å². The van der Waals surface area contributed by atoms with Crippen LogP contribution in [0.15, 0.2) is 30.3 Å². The largest absolute Gasteiger partial charge is 0.489 e. The van der Waals surface area contributed by atoms with E-state index in [9.17, 15) is 13.2 Å². The molecule has 1 aliphatic carbocycles. The summed E-state index contributed by atoms with van der Waals surface area (Å²) in [7, 11) is 0. The van der Waals surface area contributed by atoms with E-state index in [-0.39, 0.29) is 17.9 Å². The highest BCUT2D eigenvalue weighted by atomic mass is 19.4. The van der Waals surface area contributed by atoms with Crippen LogP contribution in [0.2, 0.25) is 0 Å². The lowest BCUT2D eigenvalue weighted by atomic mass is 9.84. The van der Waals surface area contributed by atoms with E-state index < -0.39 is 11.9 Å². The number of rotatable bonds is 6. The standard InChI is InChI=1S/C23H26F3N3O3/c1-14-2-5-18(19(8-14)31-11-15-3-4-15)32-22-16-9-29(10-17(22)13-30-12-16)21-7-6-20(27-28-21)23(24,25)26/h2,5-8,15-17,22H,3-4,9-13H2,1H3/t16-,17+,22?. The molecule has 2 saturated heterocycles. The third-order valence-electron chi connectivity index (χ3n) is 6.30. The number of piperidine rings is 1. The molecule has 2 bridgehead atoms. The van der Waals surface area contributed by atoms with Crippen molar-refractivity contribution in [2.45, 2.75) is 32.0 Å². The Morgan fingerprint density at radius 2 is 1.78 bits per heavy atom. The first-order valence-electron chi connectivity index (χ1n) is 11.0. The van der Waals surface area contributed by atoms with Crippen molar-refractivity contribution in [3.8, 4) is 11.5 Å². The van der Waals surface area contributed by atoms with E-state index in [4.69, 9.17) is 14.2 Å². The molecule has 0 N–H and O–H groups in total. The summed E-state index contributed by atoms with van der Waals surface area (Å²) in [5.41, 5.74) is 0.128. The Bertz CT molecular complexity index is 936. The van der Waals surface area contributed by atoms with Gasteiger partial charge in [-0.3, -0.25) is 0 Å². The lowest BCUT2D eigenvalue weighted by molar-refractivity contribution is -0.141. The molecule has 2 aromatic rings. The maximum atomic E-state index is 12.8. The fourth-order valence-electron chi connectivity index (χ4n) is 4.39. The fraction of sp³-hybridized carbons (Fsp3) is 0.565. The van der Waals surface area contributed by atoms with E-state index in [0.717, 1.165) is 23.1 Å². The Hall–Kier alpha value is -2.55. The first kappa shape index (κ1) is 21.3. The molecule has 9 heteroatoms. The van der Waals surface area contributed by atoms with Crippen LogP contribution in [0.25, 0.3) is 0 Å². The highest BCUT2D eigenvalue weighted by Gasteiger charge is 2.43. The molecule has 0 radical (unpaired) electrons. The molecule has 0 spiro atoms. The molecule has 3 fully saturated rings. The number of aryl methyl sites for hydroxylation is 1. The third kappa shape index (κ3) is 4.62. The van der Waals surface area contributed by atoms with Crippen LogP contribution in [0.4, 0.5) is 19.0 Å². The summed E-state index contributed by atoms with van der Waals surface area (Å²) in [6, 6.07) is 8.35. The van der Waals surface area contributed by atoms with E-state index in [0.29, 0.717) is 44.6 Å². The van der Waals surface area contributed by atoms with Crippen molar-refractivity contribution in [2.75, 3.05) is 37.8 Å². The van der Waals surface area contributed by atoms with Crippen LogP contribution in [0.1, 0.15) is 24.1 Å². The van der Waals surface area contributed by atoms with Gasteiger partial charge in [-0.05, 0) is 55.5 Å². The number of hydrogen-bond acceptors (Lipinski definition) is 6. The molecule has 172 valence electrons. The van der Waals surface area contributed by atoms with E-state index in [1.165, 1.54) is 18.9 Å². The van der Waals surface area contributed by atoms with E-state index in [2.05, 4.69) is 10.2 Å². The van der Waals surface area contributed by atoms with Crippen molar-refractivity contribution in [1.82, 2.24) is 10.2 Å². The highest BCUT2D eigenvalue weighted by molar-refractivity contribution is 5.43. The van der Waals surface area contributed by atoms with Gasteiger partial charge in [0.1, 0.15) is 6.10 Å². The van der Waals surface area contributed by atoms with Crippen LogP contribution in [-0.2, 0) is 10.9 Å². The summed E-state index contributed by atoms with van der Waals surface area (Å²) in [5.74, 6) is 2.71. The minimum Gasteiger partial charge on any atom is -0.489 e. The van der Waals surface area contributed by atoms with Crippen LogP contribution in [0.3, 0.4) is 0 Å². The van der Waals surface area contributed by atoms with Gasteiger partial charge in [0.2, 0.25) is 0 Å². The summed E-state index contributed by atoms with van der Waals surface area (Å²) in [6.07, 6.45) is -2.12. The number of aromatic nitrogens is 2. The molecule has 5 rings (SSSR count). The second kappa shape index (κ2) is 8.42. The minimum atomic E-state index is -4.50. The van der Waals surface area contributed by atoms with Crippen LogP contribution < -0.4 is 14.4 Å². The van der Waals surface area contributed by atoms with Gasteiger partial charge in [0.05, 0.1) is 19.8 Å². The lowest BCUT2D eigenvalue weighted by Crippen LogP contribution is -2.57. The normalized spacial score (nSPS) is 25.5. The van der Waals surface area contributed by atoms with Gasteiger partial charge in [0.15, 0.2) is 23.0 Å². The van der Waals surface area contributed by atoms with Gasteiger partial charge >= 0.3 is 6.18 Å². The fourth-order valence-corrected chi connectivity index (χ4v) is 4.39. The smallest absolute Gasteiger partial charge is 0.435 e. The maximum absolute atomic E-state index is 12.8. The van der Waals surface area contributed by atoms with Crippen molar-refractivity contribution in [3.63, 3.8) is 0 Å². The molecule has 1 unspecified atom stereocenters. The molecule has 32 heavy (non-hydrogen) atoms. The second-order valence-electron chi connectivity index (χ2n) is 9.02. The molecule has 1 aromatic carbocycles. The number of benzene rings is 1. The summed E-state index contributed by atoms with van der Waals surface area (Å²) < 4.78 is 56.7. The van der Waals surface area contributed by atoms with Crippen molar-refractivity contribution in [2.24, 2.45) is 17.8 Å². The molecule has 3 atom stereocenters. The summed E-state index contributed by atoms with van der Waals surface area (Å²) in [4.78, 5) is 1.98. The van der Waals surface area contributed by atoms with Crippen LogP contribution >= 0.6 is 0 Å². The SMILES string of the molecule is Cc1ccc(OC2[C@@H]3COC[C@H]2CN(c2ccc(C(F)(F)F)nn2)C3)c(OCC2CC2)c1. The summed E-state index contributed by atoms with van der Waals surface area (Å²) >= 11 is 0. The average Bonchev–Trinajstić information content (AvgIpc) is 3.57. The Labute approximate surface area is 184 Å². The molecule has 2 aliphatic heterocycles. The van der Waals surface area contributed by atoms with Gasteiger partial charge in [0.25, 0.3) is 0 Å². The molecule has 1 aromatic heterocycles. The second-order valence-corrected chi connectivity index (χ2v) is 9.02. The first-order valence-corrected chi connectivity index (χ1v) is 11.0. The lowest BCUT2D eigenvalue weighted by Gasteiger charge is -2.46. The minimum absolute atomic E-state index is 0.0594. The van der Waals surface area contributed by atoms with E-state index in [1.54, 1.807) is 0 Å². The zero-order chi connectivity index (χ0) is 22.3. The maximum Gasteiger partial charge on any atom is 0.435 e. The number of nitrogens with zero attached hydrogens (tertiary/aromatic N) is 3. The van der Waals surface area contributed by atoms with Gasteiger partial charge in [-0.2, -0.15) is 13.2 Å². The first-order chi connectivity index (χ1) is 15.4. The topological polar surface area (TPSA) is 56.7 Å². The quantitative estimate of drug-likeness (QED) is 0.661. The Morgan fingerprint density at radius 1 is 1.03 bits per heavy atom. The summed E-state index contributed by atoms with van der Waals surface area (Å²) in [5, 5.41) is 7.20. The van der Waals surface area contributed by atoms with Gasteiger partial charge in [-0.15, -0.1) is 10.2 Å². The van der Waals surface area contributed by atoms with Crippen LogP contribution in [-0.4, -0.2) is 49.2 Å². The van der Waals surface area contributed by atoms with Crippen molar-refractivity contribution in [1.29, 1.82) is 0 Å². The van der Waals surface area contributed by atoms with Crippen molar-refractivity contribution < 1.29 is 27.4 Å². The molecule has 1 saturated carbocycles. The predicted octanol–water partition coefficient (Wildman–Crippen LogP) is 4.12. The van der Waals surface area contributed by atoms with Gasteiger partial charge in [0, 0.05) is 24.9 Å². The number of alkyl halides is 3. The van der Waals surface area contributed by atoms with E-state index >= 15 is 0 Å². The van der Waals surface area contributed by atoms with Crippen LogP contribution in [0, 0.1) is 24.7 Å². The van der Waals surface area contributed by atoms with Crippen molar-refractivity contribution >= 4 is 5.82 Å². The van der Waals surface area contributed by atoms with Gasteiger partial charge in [-0.1, -0.05) is 6.07 Å². The zero-order valence-electron chi connectivity index (χ0n) is 17.8. The molecule has 3 heterocycles. The number of fused-ring (bicyclic) bond motifs is 2. The molecule has 3 aliphatic rings. The van der Waals surface area contributed by atoms with Gasteiger partial charge in [-0.25, -0.2) is 0 Å². The average molecular weight is 449 g/mol. The number of anilines is 1.